The average Bonchev–Trinajstić information content (AvgIpc) is 3.16. The second-order valence-electron chi connectivity index (χ2n) is 5.57. The molecule has 136 valence electrons. The van der Waals surface area contributed by atoms with Crippen molar-refractivity contribution in [2.45, 2.75) is 6.10 Å². The molecular formula is C17H12N4O6. The molecule has 0 saturated carbocycles. The summed E-state index contributed by atoms with van der Waals surface area (Å²) in [5, 5.41) is 20.8. The Balaban J connectivity index is 1.46. The van der Waals surface area contributed by atoms with Gasteiger partial charge in [-0.15, -0.1) is 5.10 Å². The standard InChI is InChI=1S/C17H12N4O6/c22-15(10-4-3-5-11(8-10)21(23)24)18-17-20-19-16(27-17)14-9-25-12-6-1-2-7-13(12)26-14/h1-8,14H,9H2,(H,18,20,22). The van der Waals surface area contributed by atoms with Gasteiger partial charge in [0.15, 0.2) is 11.5 Å². The quantitative estimate of drug-likeness (QED) is 0.549. The number of rotatable bonds is 4. The van der Waals surface area contributed by atoms with Gasteiger partial charge in [0, 0.05) is 17.7 Å². The zero-order valence-corrected chi connectivity index (χ0v) is 13.7. The number of non-ortho nitro benzene ring substituents is 1. The van der Waals surface area contributed by atoms with Gasteiger partial charge in [0.1, 0.15) is 6.61 Å². The molecule has 0 spiro atoms. The Kier molecular flexibility index (Phi) is 4.13. The molecule has 1 aliphatic rings. The molecule has 0 bridgehead atoms. The van der Waals surface area contributed by atoms with Crippen molar-refractivity contribution in [1.29, 1.82) is 0 Å². The van der Waals surface area contributed by atoms with Gasteiger partial charge in [-0.05, 0) is 18.2 Å². The minimum Gasteiger partial charge on any atom is -0.485 e. The van der Waals surface area contributed by atoms with E-state index < -0.39 is 16.9 Å². The van der Waals surface area contributed by atoms with E-state index in [0.29, 0.717) is 11.5 Å². The molecule has 27 heavy (non-hydrogen) atoms. The molecule has 10 nitrogen and oxygen atoms in total. The number of carbonyl (C=O) groups excluding carboxylic acids is 1. The van der Waals surface area contributed by atoms with Gasteiger partial charge in [0.2, 0.25) is 6.10 Å². The van der Waals surface area contributed by atoms with E-state index in [-0.39, 0.29) is 29.8 Å². The van der Waals surface area contributed by atoms with E-state index in [9.17, 15) is 14.9 Å². The van der Waals surface area contributed by atoms with Crippen LogP contribution in [0.1, 0.15) is 22.4 Å². The molecule has 4 rings (SSSR count). The van der Waals surface area contributed by atoms with E-state index in [1.54, 1.807) is 12.1 Å². The number of nitrogens with zero attached hydrogens (tertiary/aromatic N) is 3. The Morgan fingerprint density at radius 1 is 1.15 bits per heavy atom. The topological polar surface area (TPSA) is 130 Å². The summed E-state index contributed by atoms with van der Waals surface area (Å²) in [5.74, 6) is 0.695. The first kappa shape index (κ1) is 16.5. The van der Waals surface area contributed by atoms with Gasteiger partial charge in [-0.1, -0.05) is 23.3 Å². The van der Waals surface area contributed by atoms with E-state index in [0.717, 1.165) is 6.07 Å². The highest BCUT2D eigenvalue weighted by Gasteiger charge is 2.27. The summed E-state index contributed by atoms with van der Waals surface area (Å²) in [6.45, 7) is 0.178. The molecule has 3 aromatic rings. The van der Waals surface area contributed by atoms with Crippen LogP contribution < -0.4 is 14.8 Å². The molecule has 2 aromatic carbocycles. The van der Waals surface area contributed by atoms with E-state index in [2.05, 4.69) is 15.5 Å². The van der Waals surface area contributed by atoms with Crippen LogP contribution in [0.3, 0.4) is 0 Å². The van der Waals surface area contributed by atoms with Crippen LogP contribution in [0.15, 0.2) is 52.9 Å². The van der Waals surface area contributed by atoms with Crippen molar-refractivity contribution >= 4 is 17.6 Å². The number of para-hydroxylation sites is 2. The molecule has 2 heterocycles. The molecule has 0 fully saturated rings. The highest BCUT2D eigenvalue weighted by atomic mass is 16.6. The molecule has 1 unspecified atom stereocenters. The number of nitrogens with one attached hydrogen (secondary N) is 1. The molecular weight excluding hydrogens is 356 g/mol. The normalized spacial score (nSPS) is 15.2. The molecule has 1 N–H and O–H groups in total. The fraction of sp³-hybridized carbons (Fsp3) is 0.118. The number of ether oxygens (including phenoxy) is 2. The third kappa shape index (κ3) is 3.40. The number of anilines is 1. The summed E-state index contributed by atoms with van der Waals surface area (Å²) in [7, 11) is 0. The molecule has 1 aliphatic heterocycles. The van der Waals surface area contributed by atoms with Gasteiger partial charge in [0.25, 0.3) is 17.5 Å². The highest BCUT2D eigenvalue weighted by Crippen LogP contribution is 2.35. The fourth-order valence-corrected chi connectivity index (χ4v) is 2.49. The second-order valence-corrected chi connectivity index (χ2v) is 5.57. The number of benzene rings is 2. The van der Waals surface area contributed by atoms with E-state index in [1.165, 1.54) is 18.2 Å². The van der Waals surface area contributed by atoms with E-state index in [4.69, 9.17) is 13.9 Å². The first-order chi connectivity index (χ1) is 13.1. The van der Waals surface area contributed by atoms with Crippen LogP contribution in [-0.2, 0) is 0 Å². The van der Waals surface area contributed by atoms with E-state index >= 15 is 0 Å². The lowest BCUT2D eigenvalue weighted by Crippen LogP contribution is -2.21. The summed E-state index contributed by atoms with van der Waals surface area (Å²) in [6, 6.07) is 12.3. The maximum atomic E-state index is 12.2. The summed E-state index contributed by atoms with van der Waals surface area (Å²) in [5.41, 5.74) is -0.101. The zero-order chi connectivity index (χ0) is 18.8. The van der Waals surface area contributed by atoms with Crippen LogP contribution in [0, 0.1) is 10.1 Å². The number of nitro groups is 1. The number of carbonyl (C=O) groups is 1. The number of fused-ring (bicyclic) bond motifs is 1. The maximum absolute atomic E-state index is 12.2. The lowest BCUT2D eigenvalue weighted by Gasteiger charge is -2.23. The van der Waals surface area contributed by atoms with Crippen molar-refractivity contribution in [3.8, 4) is 11.5 Å². The third-order valence-corrected chi connectivity index (χ3v) is 3.76. The molecule has 1 amide bonds. The minimum absolute atomic E-state index is 0.0927. The van der Waals surface area contributed by atoms with E-state index in [1.807, 2.05) is 12.1 Å². The van der Waals surface area contributed by atoms with Crippen LogP contribution in [0.2, 0.25) is 0 Å². The second kappa shape index (κ2) is 6.75. The van der Waals surface area contributed by atoms with Crippen molar-refractivity contribution in [3.05, 3.63) is 70.1 Å². The largest absolute Gasteiger partial charge is 0.485 e. The Labute approximate surface area is 151 Å². The SMILES string of the molecule is O=C(Nc1nnc(C2COc3ccccc3O2)o1)c1cccc([N+](=O)[O-])c1. The van der Waals surface area contributed by atoms with Gasteiger partial charge >= 0.3 is 6.01 Å². The molecule has 1 aromatic heterocycles. The Morgan fingerprint density at radius 3 is 2.78 bits per heavy atom. The number of aromatic nitrogens is 2. The van der Waals surface area contributed by atoms with Gasteiger partial charge < -0.3 is 13.9 Å². The molecule has 0 saturated heterocycles. The van der Waals surface area contributed by atoms with Gasteiger partial charge in [0.05, 0.1) is 4.92 Å². The van der Waals surface area contributed by atoms with Crippen LogP contribution in [0.25, 0.3) is 0 Å². The van der Waals surface area contributed by atoms with Crippen LogP contribution in [-0.4, -0.2) is 27.6 Å². The number of hydrogen-bond donors (Lipinski definition) is 1. The summed E-state index contributed by atoms with van der Waals surface area (Å²) < 4.78 is 16.8. The third-order valence-electron chi connectivity index (χ3n) is 3.76. The first-order valence-corrected chi connectivity index (χ1v) is 7.88. The number of amides is 1. The Bertz CT molecular complexity index is 1020. The van der Waals surface area contributed by atoms with Crippen LogP contribution >= 0.6 is 0 Å². The smallest absolute Gasteiger partial charge is 0.322 e. The van der Waals surface area contributed by atoms with Gasteiger partial charge in [-0.2, -0.15) is 0 Å². The summed E-state index contributed by atoms with van der Waals surface area (Å²) in [4.78, 5) is 22.4. The highest BCUT2D eigenvalue weighted by molar-refractivity contribution is 6.03. The molecule has 1 atom stereocenters. The van der Waals surface area contributed by atoms with Gasteiger partial charge in [-0.3, -0.25) is 20.2 Å². The molecule has 0 radical (unpaired) electrons. The average molecular weight is 368 g/mol. The predicted octanol–water partition coefficient (Wildman–Crippen LogP) is 2.74. The van der Waals surface area contributed by atoms with Crippen molar-refractivity contribution in [2.75, 3.05) is 11.9 Å². The molecule has 0 aliphatic carbocycles. The van der Waals surface area contributed by atoms with Crippen molar-refractivity contribution in [2.24, 2.45) is 0 Å². The fourth-order valence-electron chi connectivity index (χ4n) is 2.49. The molecule has 10 heteroatoms. The zero-order valence-electron chi connectivity index (χ0n) is 13.7. The Hall–Kier alpha value is -3.95. The lowest BCUT2D eigenvalue weighted by molar-refractivity contribution is -0.384. The number of nitro benzene ring substituents is 1. The van der Waals surface area contributed by atoms with Crippen molar-refractivity contribution in [1.82, 2.24) is 10.2 Å². The lowest BCUT2D eigenvalue weighted by atomic mass is 10.2. The predicted molar refractivity (Wildman–Crippen MR) is 90.7 cm³/mol. The van der Waals surface area contributed by atoms with Crippen LogP contribution in [0.4, 0.5) is 11.7 Å². The minimum atomic E-state index is -0.615. The summed E-state index contributed by atoms with van der Waals surface area (Å²) in [6.07, 6.45) is -0.615. The first-order valence-electron chi connectivity index (χ1n) is 7.88. The maximum Gasteiger partial charge on any atom is 0.322 e. The van der Waals surface area contributed by atoms with Gasteiger partial charge in [-0.25, -0.2) is 0 Å². The van der Waals surface area contributed by atoms with Crippen molar-refractivity contribution < 1.29 is 23.6 Å². The Morgan fingerprint density at radius 2 is 1.96 bits per heavy atom. The monoisotopic (exact) mass is 368 g/mol. The summed E-state index contributed by atoms with van der Waals surface area (Å²) >= 11 is 0. The van der Waals surface area contributed by atoms with Crippen LogP contribution in [0.5, 0.6) is 11.5 Å². The number of hydrogen-bond acceptors (Lipinski definition) is 8. The van der Waals surface area contributed by atoms with Crippen molar-refractivity contribution in [3.63, 3.8) is 0 Å².